The lowest BCUT2D eigenvalue weighted by atomic mass is 10.3. The Morgan fingerprint density at radius 3 is 2.56 bits per heavy atom. The number of alkyl halides is 3. The summed E-state index contributed by atoms with van der Waals surface area (Å²) in [6, 6.07) is 4.52. The third kappa shape index (κ3) is 3.77. The Morgan fingerprint density at radius 2 is 2.06 bits per heavy atom. The Labute approximate surface area is 99.6 Å². The molecule has 1 atom stereocenters. The predicted octanol–water partition coefficient (Wildman–Crippen LogP) is 2.94. The number of aliphatic hydroxyl groups excluding tert-OH is 1. The summed E-state index contributed by atoms with van der Waals surface area (Å²) < 4.78 is 36.0. The van der Waals surface area contributed by atoms with E-state index in [0.717, 1.165) is 11.8 Å². The Hall–Kier alpha value is -0.590. The zero-order valence-electron chi connectivity index (χ0n) is 7.96. The Morgan fingerprint density at radius 1 is 1.44 bits per heavy atom. The van der Waals surface area contributed by atoms with E-state index < -0.39 is 18.0 Å². The van der Waals surface area contributed by atoms with Gasteiger partial charge in [-0.1, -0.05) is 11.6 Å². The number of benzene rings is 1. The molecule has 0 radical (unpaired) electrons. The second kappa shape index (κ2) is 5.16. The molecular weight excluding hydrogens is 263 g/mol. The average molecular weight is 272 g/mol. The molecule has 0 aliphatic heterocycles. The van der Waals surface area contributed by atoms with Gasteiger partial charge in [0.1, 0.15) is 0 Å². The highest BCUT2D eigenvalue weighted by Gasteiger charge is 2.37. The van der Waals surface area contributed by atoms with E-state index in [0.29, 0.717) is 10.6 Å². The van der Waals surface area contributed by atoms with Gasteiger partial charge in [-0.05, 0) is 18.2 Å². The summed E-state index contributed by atoms with van der Waals surface area (Å²) in [5, 5.41) is 9.05. The maximum Gasteiger partial charge on any atom is 0.415 e. The van der Waals surface area contributed by atoms with Gasteiger partial charge in [0, 0.05) is 10.6 Å². The monoisotopic (exact) mass is 271 g/mol. The molecule has 0 heterocycles. The first-order chi connectivity index (χ1) is 7.30. The van der Waals surface area contributed by atoms with Crippen molar-refractivity contribution < 1.29 is 18.3 Å². The van der Waals surface area contributed by atoms with Crippen LogP contribution in [0.4, 0.5) is 18.9 Å². The minimum atomic E-state index is -4.59. The molecule has 16 heavy (non-hydrogen) atoms. The van der Waals surface area contributed by atoms with Crippen LogP contribution in [0.25, 0.3) is 0 Å². The summed E-state index contributed by atoms with van der Waals surface area (Å²) in [5.74, 6) is -0.469. The van der Waals surface area contributed by atoms with Gasteiger partial charge < -0.3 is 10.8 Å². The van der Waals surface area contributed by atoms with E-state index in [4.69, 9.17) is 22.4 Å². The van der Waals surface area contributed by atoms with Crippen molar-refractivity contribution in [3.05, 3.63) is 23.2 Å². The molecule has 7 heteroatoms. The van der Waals surface area contributed by atoms with Gasteiger partial charge in [0.15, 0.2) is 6.10 Å². The first-order valence-corrected chi connectivity index (χ1v) is 5.59. The molecule has 1 unspecified atom stereocenters. The van der Waals surface area contributed by atoms with E-state index in [-0.39, 0.29) is 5.02 Å². The smallest absolute Gasteiger partial charge is 0.398 e. The van der Waals surface area contributed by atoms with Crippen molar-refractivity contribution in [3.63, 3.8) is 0 Å². The minimum absolute atomic E-state index is 0.284. The average Bonchev–Trinajstić information content (AvgIpc) is 2.18. The van der Waals surface area contributed by atoms with Crippen molar-refractivity contribution in [1.29, 1.82) is 0 Å². The molecule has 3 N–H and O–H groups in total. The molecule has 1 aromatic rings. The van der Waals surface area contributed by atoms with E-state index in [2.05, 4.69) is 0 Å². The van der Waals surface area contributed by atoms with E-state index in [1.165, 1.54) is 12.1 Å². The van der Waals surface area contributed by atoms with Crippen molar-refractivity contribution in [2.45, 2.75) is 17.2 Å². The van der Waals surface area contributed by atoms with Gasteiger partial charge in [-0.25, -0.2) is 0 Å². The lowest BCUT2D eigenvalue weighted by molar-refractivity contribution is -0.195. The number of rotatable bonds is 3. The number of nitrogens with two attached hydrogens (primary N) is 1. The highest BCUT2D eigenvalue weighted by molar-refractivity contribution is 7.99. The molecular formula is C9H9ClF3NOS. The number of thioether (sulfide) groups is 1. The van der Waals surface area contributed by atoms with Crippen molar-refractivity contribution in [2.75, 3.05) is 11.5 Å². The summed E-state index contributed by atoms with van der Waals surface area (Å²) in [6.45, 7) is 0. The summed E-state index contributed by atoms with van der Waals surface area (Å²) in [7, 11) is 0. The molecule has 0 saturated heterocycles. The van der Waals surface area contributed by atoms with Crippen LogP contribution in [0.1, 0.15) is 0 Å². The second-order valence-corrected chi connectivity index (χ2v) is 4.55. The van der Waals surface area contributed by atoms with Gasteiger partial charge in [-0.3, -0.25) is 0 Å². The van der Waals surface area contributed by atoms with Crippen LogP contribution in [0, 0.1) is 0 Å². The minimum Gasteiger partial charge on any atom is -0.398 e. The number of nitrogen functional groups attached to an aromatic ring is 1. The SMILES string of the molecule is Nc1ccc(SCC(O)C(F)(F)F)cc1Cl. The molecule has 0 fully saturated rings. The maximum atomic E-state index is 12.0. The molecule has 0 aliphatic rings. The molecule has 1 aromatic carbocycles. The van der Waals surface area contributed by atoms with E-state index in [1.54, 1.807) is 6.07 Å². The Balaban J connectivity index is 2.58. The van der Waals surface area contributed by atoms with Crippen molar-refractivity contribution in [2.24, 2.45) is 0 Å². The van der Waals surface area contributed by atoms with Crippen LogP contribution < -0.4 is 5.73 Å². The molecule has 0 amide bonds. The molecule has 0 bridgehead atoms. The lowest BCUT2D eigenvalue weighted by Crippen LogP contribution is -2.30. The summed E-state index contributed by atoms with van der Waals surface area (Å²) in [4.78, 5) is 0.530. The zero-order chi connectivity index (χ0) is 12.3. The topological polar surface area (TPSA) is 46.2 Å². The van der Waals surface area contributed by atoms with Gasteiger partial charge in [-0.15, -0.1) is 11.8 Å². The van der Waals surface area contributed by atoms with Gasteiger partial charge in [0.25, 0.3) is 0 Å². The number of hydrogen-bond acceptors (Lipinski definition) is 3. The number of halogens is 4. The Bertz CT molecular complexity index is 372. The zero-order valence-corrected chi connectivity index (χ0v) is 9.53. The first kappa shape index (κ1) is 13.5. The van der Waals surface area contributed by atoms with Crippen molar-refractivity contribution in [3.8, 4) is 0 Å². The molecule has 0 aliphatic carbocycles. The second-order valence-electron chi connectivity index (χ2n) is 3.05. The van der Waals surface area contributed by atoms with Gasteiger partial charge >= 0.3 is 6.18 Å². The molecule has 2 nitrogen and oxygen atoms in total. The number of anilines is 1. The standard InChI is InChI=1S/C9H9ClF3NOS/c10-6-3-5(1-2-7(6)14)16-4-8(15)9(11,12)13/h1-3,8,15H,4,14H2. The van der Waals surface area contributed by atoms with Gasteiger partial charge in [-0.2, -0.15) is 13.2 Å². The predicted molar refractivity (Wildman–Crippen MR) is 58.7 cm³/mol. The van der Waals surface area contributed by atoms with E-state index >= 15 is 0 Å². The van der Waals surface area contributed by atoms with Crippen LogP contribution in [-0.2, 0) is 0 Å². The van der Waals surface area contributed by atoms with Crippen molar-refractivity contribution in [1.82, 2.24) is 0 Å². The highest BCUT2D eigenvalue weighted by atomic mass is 35.5. The van der Waals surface area contributed by atoms with Crippen molar-refractivity contribution >= 4 is 29.1 Å². The summed E-state index contributed by atoms with van der Waals surface area (Å²) in [6.07, 6.45) is -6.93. The number of hydrogen-bond donors (Lipinski definition) is 2. The molecule has 0 saturated carbocycles. The highest BCUT2D eigenvalue weighted by Crippen LogP contribution is 2.29. The maximum absolute atomic E-state index is 12.0. The van der Waals surface area contributed by atoms with Crippen LogP contribution in [0.5, 0.6) is 0 Å². The molecule has 90 valence electrons. The molecule has 0 spiro atoms. The fourth-order valence-corrected chi connectivity index (χ4v) is 2.02. The van der Waals surface area contributed by atoms with Crippen LogP contribution in [0.15, 0.2) is 23.1 Å². The summed E-state index contributed by atoms with van der Waals surface area (Å²) >= 11 is 6.56. The van der Waals surface area contributed by atoms with Crippen LogP contribution in [0.2, 0.25) is 5.02 Å². The Kier molecular flexibility index (Phi) is 4.35. The molecule has 1 rings (SSSR count). The van der Waals surface area contributed by atoms with E-state index in [9.17, 15) is 13.2 Å². The first-order valence-electron chi connectivity index (χ1n) is 4.23. The quantitative estimate of drug-likeness (QED) is 0.656. The fraction of sp³-hybridized carbons (Fsp3) is 0.333. The number of aliphatic hydroxyl groups is 1. The lowest BCUT2D eigenvalue weighted by Gasteiger charge is -2.13. The third-order valence-electron chi connectivity index (χ3n) is 1.76. The molecule has 0 aromatic heterocycles. The largest absolute Gasteiger partial charge is 0.415 e. The summed E-state index contributed by atoms with van der Waals surface area (Å²) in [5.41, 5.74) is 5.81. The third-order valence-corrected chi connectivity index (χ3v) is 3.15. The van der Waals surface area contributed by atoms with Crippen LogP contribution in [-0.4, -0.2) is 23.1 Å². The van der Waals surface area contributed by atoms with Crippen LogP contribution >= 0.6 is 23.4 Å². The van der Waals surface area contributed by atoms with Gasteiger partial charge in [0.2, 0.25) is 0 Å². The van der Waals surface area contributed by atoms with E-state index in [1.807, 2.05) is 0 Å². The van der Waals surface area contributed by atoms with Crippen LogP contribution in [0.3, 0.4) is 0 Å². The fourth-order valence-electron chi connectivity index (χ4n) is 0.867. The normalized spacial score (nSPS) is 13.8. The van der Waals surface area contributed by atoms with Gasteiger partial charge in [0.05, 0.1) is 10.7 Å².